The molecule has 4 saturated carbocycles. The summed E-state index contributed by atoms with van der Waals surface area (Å²) in [5.41, 5.74) is 4.25. The van der Waals surface area contributed by atoms with Crippen molar-refractivity contribution >= 4 is 18.1 Å². The van der Waals surface area contributed by atoms with Crippen molar-refractivity contribution in [1.29, 1.82) is 0 Å². The zero-order valence-electron chi connectivity index (χ0n) is 20.3. The van der Waals surface area contributed by atoms with Gasteiger partial charge in [0.05, 0.1) is 0 Å². The Kier molecular flexibility index (Phi) is 6.65. The van der Waals surface area contributed by atoms with Crippen LogP contribution in [0.5, 0.6) is 5.75 Å². The van der Waals surface area contributed by atoms with Crippen LogP contribution in [-0.4, -0.2) is 37.3 Å². The summed E-state index contributed by atoms with van der Waals surface area (Å²) < 4.78 is 5.90. The third kappa shape index (κ3) is 5.13. The summed E-state index contributed by atoms with van der Waals surface area (Å²) in [7, 11) is 1.85. The summed E-state index contributed by atoms with van der Waals surface area (Å²) >= 11 is 0. The Morgan fingerprint density at radius 2 is 1.60 bits per heavy atom. The van der Waals surface area contributed by atoms with Crippen LogP contribution in [0.4, 0.5) is 4.79 Å². The number of carbonyl (C=O) groups excluding carboxylic acids is 1. The van der Waals surface area contributed by atoms with E-state index in [4.69, 9.17) is 9.84 Å². The second-order valence-corrected chi connectivity index (χ2v) is 10.6. The van der Waals surface area contributed by atoms with Crippen LogP contribution in [0, 0.1) is 17.8 Å². The van der Waals surface area contributed by atoms with E-state index in [2.05, 4.69) is 16.7 Å². The number of amides is 1. The van der Waals surface area contributed by atoms with E-state index in [1.165, 1.54) is 44.1 Å². The minimum atomic E-state index is -0.958. The van der Waals surface area contributed by atoms with E-state index in [9.17, 15) is 9.59 Å². The number of carbonyl (C=O) groups is 2. The first-order valence-electron chi connectivity index (χ1n) is 12.7. The first-order valence-corrected chi connectivity index (χ1v) is 12.7. The topological polar surface area (TPSA) is 87.7 Å². The largest absolute Gasteiger partial charge is 0.478 e. The lowest BCUT2D eigenvalue weighted by Crippen LogP contribution is -2.48. The van der Waals surface area contributed by atoms with Gasteiger partial charge in [-0.15, -0.1) is 0 Å². The molecule has 0 spiro atoms. The van der Waals surface area contributed by atoms with Crippen molar-refractivity contribution in [1.82, 2.24) is 10.6 Å². The molecule has 6 nitrogen and oxygen atoms in total. The molecule has 0 atom stereocenters. The molecule has 35 heavy (non-hydrogen) atoms. The molecule has 4 aliphatic rings. The van der Waals surface area contributed by atoms with E-state index in [-0.39, 0.29) is 5.41 Å². The highest BCUT2D eigenvalue weighted by atomic mass is 16.6. The van der Waals surface area contributed by atoms with Gasteiger partial charge in [0.15, 0.2) is 0 Å². The molecule has 0 aliphatic heterocycles. The van der Waals surface area contributed by atoms with Crippen LogP contribution in [0.2, 0.25) is 0 Å². The summed E-state index contributed by atoms with van der Waals surface area (Å²) in [6, 6.07) is 14.1. The zero-order chi connectivity index (χ0) is 24.4. The van der Waals surface area contributed by atoms with Crippen molar-refractivity contribution in [2.24, 2.45) is 17.8 Å². The van der Waals surface area contributed by atoms with Gasteiger partial charge in [-0.05, 0) is 104 Å². The molecule has 0 heterocycles. The minimum absolute atomic E-state index is 0.0789. The highest BCUT2D eigenvalue weighted by molar-refractivity contribution is 5.85. The van der Waals surface area contributed by atoms with Gasteiger partial charge < -0.3 is 20.5 Å². The van der Waals surface area contributed by atoms with Crippen LogP contribution in [0.15, 0.2) is 48.5 Å². The lowest BCUT2D eigenvalue weighted by Gasteiger charge is -2.57. The number of carboxylic acid groups (broad SMARTS) is 1. The molecule has 2 aromatic rings. The summed E-state index contributed by atoms with van der Waals surface area (Å²) in [6.07, 6.45) is 9.93. The van der Waals surface area contributed by atoms with Crippen LogP contribution in [-0.2, 0) is 10.2 Å². The quantitative estimate of drug-likeness (QED) is 0.360. The maximum atomic E-state index is 12.6. The minimum Gasteiger partial charge on any atom is -0.478 e. The predicted molar refractivity (Wildman–Crippen MR) is 136 cm³/mol. The van der Waals surface area contributed by atoms with Gasteiger partial charge in [0, 0.05) is 24.7 Å². The number of hydrogen-bond acceptors (Lipinski definition) is 4. The van der Waals surface area contributed by atoms with Gasteiger partial charge in [0.25, 0.3) is 0 Å². The molecule has 4 bridgehead atoms. The van der Waals surface area contributed by atoms with Crippen LogP contribution in [0.3, 0.4) is 0 Å². The smallest absolute Gasteiger partial charge is 0.412 e. The second kappa shape index (κ2) is 9.86. The third-order valence-corrected chi connectivity index (χ3v) is 8.10. The van der Waals surface area contributed by atoms with E-state index in [0.29, 0.717) is 18.8 Å². The van der Waals surface area contributed by atoms with Crippen LogP contribution < -0.4 is 15.4 Å². The fourth-order valence-corrected chi connectivity index (χ4v) is 7.03. The molecule has 6 heteroatoms. The lowest BCUT2D eigenvalue weighted by atomic mass is 9.48. The first-order chi connectivity index (χ1) is 16.9. The molecule has 0 aromatic heterocycles. The normalized spacial score (nSPS) is 26.7. The zero-order valence-corrected chi connectivity index (χ0v) is 20.3. The summed E-state index contributed by atoms with van der Waals surface area (Å²) in [5, 5.41) is 14.7. The van der Waals surface area contributed by atoms with E-state index < -0.39 is 12.1 Å². The maximum absolute atomic E-state index is 12.6. The van der Waals surface area contributed by atoms with Gasteiger partial charge in [0.1, 0.15) is 5.75 Å². The van der Waals surface area contributed by atoms with Crippen molar-refractivity contribution in [3.63, 3.8) is 0 Å². The monoisotopic (exact) mass is 474 g/mol. The Morgan fingerprint density at radius 3 is 2.20 bits per heavy atom. The van der Waals surface area contributed by atoms with Gasteiger partial charge in [-0.2, -0.15) is 0 Å². The molecule has 3 N–H and O–H groups in total. The van der Waals surface area contributed by atoms with E-state index in [1.54, 1.807) is 6.08 Å². The van der Waals surface area contributed by atoms with Gasteiger partial charge in [-0.1, -0.05) is 30.3 Å². The number of benzene rings is 2. The molecule has 0 radical (unpaired) electrons. The molecule has 0 unspecified atom stereocenters. The van der Waals surface area contributed by atoms with E-state index in [1.807, 2.05) is 43.4 Å². The summed E-state index contributed by atoms with van der Waals surface area (Å²) in [5.74, 6) is 2.06. The molecular weight excluding hydrogens is 440 g/mol. The van der Waals surface area contributed by atoms with Gasteiger partial charge in [-0.3, -0.25) is 0 Å². The molecule has 4 aliphatic carbocycles. The Hall–Kier alpha value is -3.12. The molecule has 0 saturated heterocycles. The Bertz CT molecular complexity index is 1090. The average molecular weight is 475 g/mol. The second-order valence-electron chi connectivity index (χ2n) is 10.6. The first kappa shape index (κ1) is 23.6. The Morgan fingerprint density at radius 1 is 0.971 bits per heavy atom. The third-order valence-electron chi connectivity index (χ3n) is 8.10. The Labute approximate surface area is 206 Å². The number of carboxylic acids is 1. The predicted octanol–water partition coefficient (Wildman–Crippen LogP) is 5.23. The van der Waals surface area contributed by atoms with E-state index in [0.717, 1.165) is 40.5 Å². The average Bonchev–Trinajstić information content (AvgIpc) is 2.82. The molecular formula is C29H34N2O4. The van der Waals surface area contributed by atoms with Crippen molar-refractivity contribution in [2.75, 3.05) is 20.1 Å². The fourth-order valence-electron chi connectivity index (χ4n) is 7.03. The van der Waals surface area contributed by atoms with Crippen LogP contribution in [0.1, 0.15) is 49.7 Å². The number of likely N-dealkylation sites (N-methyl/N-ethyl adjacent to an activating group) is 1. The highest BCUT2D eigenvalue weighted by Crippen LogP contribution is 2.62. The summed E-state index contributed by atoms with van der Waals surface area (Å²) in [4.78, 5) is 23.4. The Balaban J connectivity index is 1.47. The van der Waals surface area contributed by atoms with Gasteiger partial charge in [-0.25, -0.2) is 9.59 Å². The standard InChI is InChI=1S/C29H34N2O4/c1-30-10-11-31-28(34)35-26-8-7-24(23-5-2-19(3-6-23)4-9-27(32)33)15-25(26)29-16-20-12-21(17-29)14-22(13-20)18-29/h2-9,15,20-22,30H,10-14,16-18H2,1H3,(H,31,34)(H,32,33). The van der Waals surface area contributed by atoms with Gasteiger partial charge >= 0.3 is 12.1 Å². The molecule has 4 fully saturated rings. The van der Waals surface area contributed by atoms with Crippen molar-refractivity contribution < 1.29 is 19.4 Å². The number of nitrogens with one attached hydrogen (secondary N) is 2. The van der Waals surface area contributed by atoms with Crippen LogP contribution in [0.25, 0.3) is 17.2 Å². The number of ether oxygens (including phenoxy) is 1. The van der Waals surface area contributed by atoms with Crippen molar-refractivity contribution in [3.8, 4) is 16.9 Å². The van der Waals surface area contributed by atoms with Gasteiger partial charge in [0.2, 0.25) is 0 Å². The lowest BCUT2D eigenvalue weighted by molar-refractivity contribution is -0.131. The molecule has 2 aromatic carbocycles. The summed E-state index contributed by atoms with van der Waals surface area (Å²) in [6.45, 7) is 1.20. The fraction of sp³-hybridized carbons (Fsp3) is 0.448. The highest BCUT2D eigenvalue weighted by Gasteiger charge is 2.52. The SMILES string of the molecule is CNCCNC(=O)Oc1ccc(-c2ccc(C=CC(=O)O)cc2)cc1C12CC3CC(CC(C3)C1)C2. The van der Waals surface area contributed by atoms with E-state index >= 15 is 0 Å². The molecule has 1 amide bonds. The van der Waals surface area contributed by atoms with Crippen LogP contribution >= 0.6 is 0 Å². The molecule has 6 rings (SSSR count). The number of rotatable bonds is 8. The number of hydrogen-bond donors (Lipinski definition) is 3. The molecule has 184 valence electrons. The van der Waals surface area contributed by atoms with Crippen molar-refractivity contribution in [2.45, 2.75) is 43.9 Å². The van der Waals surface area contributed by atoms with Crippen molar-refractivity contribution in [3.05, 3.63) is 59.7 Å². The maximum Gasteiger partial charge on any atom is 0.412 e. The number of aliphatic carboxylic acids is 1.